The third kappa shape index (κ3) is 4.74. The zero-order valence-corrected chi connectivity index (χ0v) is 18.5. The van der Waals surface area contributed by atoms with Gasteiger partial charge in [0.15, 0.2) is 11.6 Å². The third-order valence-electron chi connectivity index (χ3n) is 7.37. The second kappa shape index (κ2) is 8.92. The van der Waals surface area contributed by atoms with Crippen LogP contribution < -0.4 is 4.90 Å². The van der Waals surface area contributed by atoms with Crippen molar-refractivity contribution < 1.29 is 14.3 Å². The van der Waals surface area contributed by atoms with Crippen molar-refractivity contribution in [1.82, 2.24) is 20.2 Å². The van der Waals surface area contributed by atoms with Gasteiger partial charge >= 0.3 is 5.97 Å². The molecule has 0 radical (unpaired) electrons. The van der Waals surface area contributed by atoms with Crippen molar-refractivity contribution in [3.8, 4) is 22.8 Å². The number of piperidine rings is 1. The van der Waals surface area contributed by atoms with Crippen LogP contribution in [0.2, 0.25) is 0 Å². The highest BCUT2D eigenvalue weighted by molar-refractivity contribution is 5.67. The number of anilines is 1. The lowest BCUT2D eigenvalue weighted by atomic mass is 9.65. The Morgan fingerprint density at radius 1 is 1.12 bits per heavy atom. The number of halogens is 1. The maximum Gasteiger partial charge on any atom is 0.303 e. The molecule has 1 saturated heterocycles. The average molecular weight is 450 g/mol. The molecule has 2 aliphatic rings. The van der Waals surface area contributed by atoms with Crippen LogP contribution in [0.15, 0.2) is 42.6 Å². The van der Waals surface area contributed by atoms with Gasteiger partial charge in [-0.1, -0.05) is 12.1 Å². The molecule has 0 amide bonds. The van der Waals surface area contributed by atoms with Crippen molar-refractivity contribution in [3.05, 3.63) is 48.4 Å². The Bertz CT molecular complexity index is 1110. The molecule has 2 N–H and O–H groups in total. The summed E-state index contributed by atoms with van der Waals surface area (Å²) in [6, 6.07) is 10.2. The topological polar surface area (TPSA) is 95.0 Å². The number of carboxylic acids is 1. The zero-order valence-electron chi connectivity index (χ0n) is 18.5. The summed E-state index contributed by atoms with van der Waals surface area (Å²) in [6.45, 7) is 1.95. The van der Waals surface area contributed by atoms with Gasteiger partial charge in [-0.3, -0.25) is 9.89 Å². The first-order chi connectivity index (χ1) is 16.0. The molecule has 1 aromatic carbocycles. The van der Waals surface area contributed by atoms with Gasteiger partial charge in [-0.15, -0.1) is 0 Å². The monoisotopic (exact) mass is 449 g/mol. The maximum absolute atomic E-state index is 13.5. The molecule has 1 aliphatic heterocycles. The van der Waals surface area contributed by atoms with E-state index in [1.807, 2.05) is 12.1 Å². The Balaban J connectivity index is 1.20. The zero-order chi connectivity index (χ0) is 22.8. The van der Waals surface area contributed by atoms with Gasteiger partial charge in [0, 0.05) is 36.8 Å². The number of nitrogens with zero attached hydrogens (tertiary/aromatic N) is 4. The quantitative estimate of drug-likeness (QED) is 0.574. The van der Waals surface area contributed by atoms with Crippen LogP contribution in [-0.2, 0) is 4.79 Å². The number of aromatic nitrogens is 4. The number of hydrogen-bond donors (Lipinski definition) is 2. The van der Waals surface area contributed by atoms with Crippen molar-refractivity contribution in [2.45, 2.75) is 44.9 Å². The van der Waals surface area contributed by atoms with E-state index in [1.54, 1.807) is 18.3 Å². The molecule has 1 spiro atoms. The van der Waals surface area contributed by atoms with Gasteiger partial charge in [0.2, 0.25) is 0 Å². The van der Waals surface area contributed by atoms with Crippen LogP contribution >= 0.6 is 0 Å². The van der Waals surface area contributed by atoms with Gasteiger partial charge in [0.05, 0.1) is 0 Å². The molecule has 8 heteroatoms. The summed E-state index contributed by atoms with van der Waals surface area (Å²) in [5.41, 5.74) is 1.83. The van der Waals surface area contributed by atoms with Crippen LogP contribution in [0.25, 0.3) is 22.8 Å². The highest BCUT2D eigenvalue weighted by atomic mass is 19.1. The summed E-state index contributed by atoms with van der Waals surface area (Å²) < 4.78 is 13.5. The molecule has 5 rings (SSSR count). The van der Waals surface area contributed by atoms with Crippen molar-refractivity contribution in [1.29, 1.82) is 0 Å². The SMILES string of the molecule is O=C(O)CC1CCC2(CC1)CCN(c1ccc(-c3n[nH]c(-c4cccc(F)c4)n3)cn1)CC2. The molecule has 3 aromatic rings. The normalized spacial score (nSPS) is 18.5. The fourth-order valence-electron chi connectivity index (χ4n) is 5.31. The summed E-state index contributed by atoms with van der Waals surface area (Å²) in [5.74, 6) is 1.37. The van der Waals surface area contributed by atoms with E-state index in [2.05, 4.69) is 25.1 Å². The van der Waals surface area contributed by atoms with E-state index in [0.29, 0.717) is 35.0 Å². The number of benzene rings is 1. The minimum atomic E-state index is -0.671. The molecule has 7 nitrogen and oxygen atoms in total. The lowest BCUT2D eigenvalue weighted by Crippen LogP contribution is -2.42. The van der Waals surface area contributed by atoms with Gasteiger partial charge in [0.25, 0.3) is 0 Å². The predicted molar refractivity (Wildman–Crippen MR) is 123 cm³/mol. The van der Waals surface area contributed by atoms with E-state index >= 15 is 0 Å². The van der Waals surface area contributed by atoms with Gasteiger partial charge < -0.3 is 10.0 Å². The molecule has 0 atom stereocenters. The van der Waals surface area contributed by atoms with Crippen molar-refractivity contribution >= 4 is 11.8 Å². The molecule has 2 aromatic heterocycles. The molecule has 33 heavy (non-hydrogen) atoms. The number of H-pyrrole nitrogens is 1. The number of pyridine rings is 1. The number of rotatable bonds is 5. The molecular weight excluding hydrogens is 421 g/mol. The first-order valence-electron chi connectivity index (χ1n) is 11.6. The Hall–Kier alpha value is -3.29. The van der Waals surface area contributed by atoms with Gasteiger partial charge in [0.1, 0.15) is 11.6 Å². The number of carbonyl (C=O) groups is 1. The van der Waals surface area contributed by atoms with Crippen LogP contribution in [-0.4, -0.2) is 44.3 Å². The Kier molecular flexibility index (Phi) is 5.83. The Morgan fingerprint density at radius 2 is 1.91 bits per heavy atom. The second-order valence-electron chi connectivity index (χ2n) is 9.45. The van der Waals surface area contributed by atoms with E-state index in [-0.39, 0.29) is 5.82 Å². The number of aliphatic carboxylic acids is 1. The van der Waals surface area contributed by atoms with E-state index < -0.39 is 5.97 Å². The summed E-state index contributed by atoms with van der Waals surface area (Å²) in [5, 5.41) is 16.2. The van der Waals surface area contributed by atoms with E-state index in [4.69, 9.17) is 5.11 Å². The minimum Gasteiger partial charge on any atom is -0.481 e. The number of hydrogen-bond acceptors (Lipinski definition) is 5. The van der Waals surface area contributed by atoms with E-state index in [9.17, 15) is 9.18 Å². The predicted octanol–water partition coefficient (Wildman–Crippen LogP) is 4.92. The van der Waals surface area contributed by atoms with Gasteiger partial charge in [-0.25, -0.2) is 14.4 Å². The number of carboxylic acid groups (broad SMARTS) is 1. The lowest BCUT2D eigenvalue weighted by molar-refractivity contribution is -0.138. The average Bonchev–Trinajstić information content (AvgIpc) is 3.32. The third-order valence-corrected chi connectivity index (χ3v) is 7.37. The van der Waals surface area contributed by atoms with Crippen LogP contribution in [0.4, 0.5) is 10.2 Å². The fourth-order valence-corrected chi connectivity index (χ4v) is 5.31. The molecule has 0 bridgehead atoms. The van der Waals surface area contributed by atoms with Gasteiger partial charge in [-0.2, -0.15) is 5.10 Å². The first-order valence-corrected chi connectivity index (χ1v) is 11.6. The molecular formula is C25H28FN5O2. The number of nitrogens with one attached hydrogen (secondary N) is 1. The summed E-state index contributed by atoms with van der Waals surface area (Å²) in [7, 11) is 0. The molecule has 2 fully saturated rings. The van der Waals surface area contributed by atoms with Crippen LogP contribution in [0.3, 0.4) is 0 Å². The summed E-state index contributed by atoms with van der Waals surface area (Å²) >= 11 is 0. The number of aromatic amines is 1. The molecule has 1 saturated carbocycles. The van der Waals surface area contributed by atoms with Crippen LogP contribution in [0.1, 0.15) is 44.9 Å². The lowest BCUT2D eigenvalue weighted by Gasteiger charge is -2.46. The molecule has 1 aliphatic carbocycles. The summed E-state index contributed by atoms with van der Waals surface area (Å²) in [6.07, 6.45) is 8.72. The minimum absolute atomic E-state index is 0.312. The summed E-state index contributed by atoms with van der Waals surface area (Å²) in [4.78, 5) is 22.5. The highest BCUT2D eigenvalue weighted by Crippen LogP contribution is 2.47. The second-order valence-corrected chi connectivity index (χ2v) is 9.45. The largest absolute Gasteiger partial charge is 0.481 e. The highest BCUT2D eigenvalue weighted by Gasteiger charge is 2.38. The molecule has 172 valence electrons. The Labute approximate surface area is 192 Å². The van der Waals surface area contributed by atoms with E-state index in [0.717, 1.165) is 63.0 Å². The molecule has 0 unspecified atom stereocenters. The fraction of sp³-hybridized carbons (Fsp3) is 0.440. The van der Waals surface area contributed by atoms with Crippen LogP contribution in [0, 0.1) is 17.2 Å². The standard InChI is InChI=1S/C25H28FN5O2/c26-20-3-1-2-18(15-20)23-28-24(30-29-23)19-4-5-21(27-16-19)31-12-10-25(11-13-31)8-6-17(7-9-25)14-22(32)33/h1-5,15-17H,6-14H2,(H,32,33)(H,28,29,30). The molecule has 3 heterocycles. The maximum atomic E-state index is 13.5. The Morgan fingerprint density at radius 3 is 2.58 bits per heavy atom. The smallest absolute Gasteiger partial charge is 0.303 e. The van der Waals surface area contributed by atoms with Crippen molar-refractivity contribution in [3.63, 3.8) is 0 Å². The van der Waals surface area contributed by atoms with Gasteiger partial charge in [-0.05, 0) is 74.1 Å². The van der Waals surface area contributed by atoms with Crippen molar-refractivity contribution in [2.75, 3.05) is 18.0 Å². The first kappa shape index (κ1) is 21.6. The van der Waals surface area contributed by atoms with Crippen LogP contribution in [0.5, 0.6) is 0 Å². The van der Waals surface area contributed by atoms with E-state index in [1.165, 1.54) is 12.1 Å². The van der Waals surface area contributed by atoms with Crippen molar-refractivity contribution in [2.24, 2.45) is 11.3 Å².